The summed E-state index contributed by atoms with van der Waals surface area (Å²) in [5.41, 5.74) is 3.15. The van der Waals surface area contributed by atoms with Gasteiger partial charge in [-0.3, -0.25) is 9.48 Å². The summed E-state index contributed by atoms with van der Waals surface area (Å²) in [5.74, 6) is 1.39. The fourth-order valence-corrected chi connectivity index (χ4v) is 3.55. The number of rotatable bonds is 7. The Labute approximate surface area is 170 Å². The summed E-state index contributed by atoms with van der Waals surface area (Å²) in [5, 5.41) is 4.59. The molecule has 4 rings (SSSR count). The van der Waals surface area contributed by atoms with Crippen LogP contribution in [0.25, 0.3) is 11.3 Å². The number of aromatic nitrogens is 3. The van der Waals surface area contributed by atoms with Crippen molar-refractivity contribution in [1.82, 2.24) is 19.2 Å². The van der Waals surface area contributed by atoms with E-state index >= 15 is 0 Å². The van der Waals surface area contributed by atoms with E-state index in [0.29, 0.717) is 35.5 Å². The number of amides is 1. The zero-order valence-electron chi connectivity index (χ0n) is 17.3. The third-order valence-electron chi connectivity index (χ3n) is 5.41. The number of nitrogens with zero attached hydrogens (tertiary/aromatic N) is 4. The summed E-state index contributed by atoms with van der Waals surface area (Å²) in [7, 11) is 7.05. The minimum absolute atomic E-state index is 0.00295. The lowest BCUT2D eigenvalue weighted by molar-refractivity contribution is 0.0715. The molecule has 0 bridgehead atoms. The maximum atomic E-state index is 13.4. The molecule has 0 N–H and O–H groups in total. The van der Waals surface area contributed by atoms with Gasteiger partial charge in [0.1, 0.15) is 17.2 Å². The molecule has 7 heteroatoms. The van der Waals surface area contributed by atoms with Crippen LogP contribution in [0.3, 0.4) is 0 Å². The minimum atomic E-state index is -0.00295. The molecule has 0 aliphatic heterocycles. The van der Waals surface area contributed by atoms with Crippen molar-refractivity contribution in [2.45, 2.75) is 25.4 Å². The second kappa shape index (κ2) is 7.66. The molecule has 0 radical (unpaired) electrons. The maximum Gasteiger partial charge on any atom is 0.272 e. The Bertz CT molecular complexity index is 1030. The maximum absolute atomic E-state index is 13.4. The van der Waals surface area contributed by atoms with Crippen LogP contribution in [0.2, 0.25) is 0 Å². The molecule has 0 spiro atoms. The number of hydrogen-bond acceptors (Lipinski definition) is 4. The van der Waals surface area contributed by atoms with Gasteiger partial charge in [0, 0.05) is 37.6 Å². The normalized spacial score (nSPS) is 13.4. The van der Waals surface area contributed by atoms with E-state index in [0.717, 1.165) is 24.1 Å². The first-order valence-electron chi connectivity index (χ1n) is 9.69. The Morgan fingerprint density at radius 1 is 1.17 bits per heavy atom. The molecule has 0 saturated heterocycles. The third-order valence-corrected chi connectivity index (χ3v) is 5.41. The zero-order valence-corrected chi connectivity index (χ0v) is 17.3. The van der Waals surface area contributed by atoms with Crippen molar-refractivity contribution in [1.29, 1.82) is 0 Å². The second-order valence-electron chi connectivity index (χ2n) is 7.38. The molecule has 1 aromatic carbocycles. The molecule has 1 saturated carbocycles. The van der Waals surface area contributed by atoms with Crippen LogP contribution in [0.5, 0.6) is 11.5 Å². The number of methoxy groups -OCH3 is 2. The van der Waals surface area contributed by atoms with Crippen molar-refractivity contribution >= 4 is 5.91 Å². The Kier molecular flexibility index (Phi) is 5.05. The van der Waals surface area contributed by atoms with Gasteiger partial charge in [-0.1, -0.05) is 0 Å². The van der Waals surface area contributed by atoms with Gasteiger partial charge >= 0.3 is 0 Å². The smallest absolute Gasteiger partial charge is 0.272 e. The van der Waals surface area contributed by atoms with Gasteiger partial charge in [-0.2, -0.15) is 5.10 Å². The lowest BCUT2D eigenvalue weighted by Gasteiger charge is -2.22. The molecule has 7 nitrogen and oxygen atoms in total. The van der Waals surface area contributed by atoms with E-state index in [1.54, 1.807) is 25.9 Å². The standard InChI is InChI=1S/C22H26N4O3/c1-24-11-5-6-16(24)14-26(15-7-8-15)22(27)20-13-19(23-25(20)2)18-12-17(28-3)9-10-21(18)29-4/h5-6,9-13,15H,7-8,14H2,1-4H3. The third kappa shape index (κ3) is 3.72. The van der Waals surface area contributed by atoms with E-state index in [1.807, 2.05) is 48.5 Å². The van der Waals surface area contributed by atoms with E-state index in [-0.39, 0.29) is 5.91 Å². The number of benzene rings is 1. The summed E-state index contributed by atoms with van der Waals surface area (Å²) in [6.45, 7) is 0.593. The highest BCUT2D eigenvalue weighted by Gasteiger charge is 2.35. The van der Waals surface area contributed by atoms with E-state index in [4.69, 9.17) is 9.47 Å². The molecule has 0 atom stereocenters. The molecule has 2 aromatic heterocycles. The summed E-state index contributed by atoms with van der Waals surface area (Å²) in [6, 6.07) is 11.7. The van der Waals surface area contributed by atoms with Crippen LogP contribution < -0.4 is 9.47 Å². The number of hydrogen-bond donors (Lipinski definition) is 0. The predicted octanol–water partition coefficient (Wildman–Crippen LogP) is 3.25. The van der Waals surface area contributed by atoms with Gasteiger partial charge in [0.05, 0.1) is 26.5 Å². The monoisotopic (exact) mass is 394 g/mol. The number of carbonyl (C=O) groups is 1. The Hall–Kier alpha value is -3.22. The quantitative estimate of drug-likeness (QED) is 0.617. The van der Waals surface area contributed by atoms with Crippen LogP contribution in [0.1, 0.15) is 29.0 Å². The average Bonchev–Trinajstić information content (AvgIpc) is 3.38. The second-order valence-corrected chi connectivity index (χ2v) is 7.38. The predicted molar refractivity (Wildman–Crippen MR) is 110 cm³/mol. The highest BCUT2D eigenvalue weighted by Crippen LogP contribution is 2.34. The number of aryl methyl sites for hydroxylation is 2. The van der Waals surface area contributed by atoms with Gasteiger partial charge in [-0.15, -0.1) is 0 Å². The van der Waals surface area contributed by atoms with Crippen LogP contribution >= 0.6 is 0 Å². The van der Waals surface area contributed by atoms with Crippen LogP contribution in [-0.2, 0) is 20.6 Å². The molecular weight excluding hydrogens is 368 g/mol. The van der Waals surface area contributed by atoms with E-state index < -0.39 is 0 Å². The van der Waals surface area contributed by atoms with Gasteiger partial charge in [0.2, 0.25) is 0 Å². The SMILES string of the molecule is COc1ccc(OC)c(-c2cc(C(=O)N(Cc3cccn3C)C3CC3)n(C)n2)c1. The van der Waals surface area contributed by atoms with Gasteiger partial charge in [0.25, 0.3) is 5.91 Å². The molecule has 1 fully saturated rings. The molecule has 2 heterocycles. The molecular formula is C22H26N4O3. The first-order chi connectivity index (χ1) is 14.0. The Balaban J connectivity index is 1.67. The molecule has 1 aliphatic rings. The number of carbonyl (C=O) groups excluding carboxylic acids is 1. The molecule has 152 valence electrons. The molecule has 1 amide bonds. The minimum Gasteiger partial charge on any atom is -0.497 e. The largest absolute Gasteiger partial charge is 0.497 e. The topological polar surface area (TPSA) is 61.5 Å². The summed E-state index contributed by atoms with van der Waals surface area (Å²) >= 11 is 0. The van der Waals surface area contributed by atoms with Crippen molar-refractivity contribution < 1.29 is 14.3 Å². The van der Waals surface area contributed by atoms with Crippen molar-refractivity contribution in [2.24, 2.45) is 14.1 Å². The van der Waals surface area contributed by atoms with Crippen LogP contribution in [0, 0.1) is 0 Å². The molecule has 29 heavy (non-hydrogen) atoms. The van der Waals surface area contributed by atoms with E-state index in [9.17, 15) is 4.79 Å². The lowest BCUT2D eigenvalue weighted by Crippen LogP contribution is -2.34. The van der Waals surface area contributed by atoms with Crippen molar-refractivity contribution in [2.75, 3.05) is 14.2 Å². The van der Waals surface area contributed by atoms with Crippen molar-refractivity contribution in [3.8, 4) is 22.8 Å². The van der Waals surface area contributed by atoms with Gasteiger partial charge in [-0.25, -0.2) is 0 Å². The molecule has 1 aliphatic carbocycles. The van der Waals surface area contributed by atoms with Gasteiger partial charge in [0.15, 0.2) is 0 Å². The van der Waals surface area contributed by atoms with Crippen LogP contribution in [0.15, 0.2) is 42.6 Å². The fraction of sp³-hybridized carbons (Fsp3) is 0.364. The summed E-state index contributed by atoms with van der Waals surface area (Å²) in [6.07, 6.45) is 4.09. The first-order valence-corrected chi connectivity index (χ1v) is 9.69. The summed E-state index contributed by atoms with van der Waals surface area (Å²) in [4.78, 5) is 15.4. The summed E-state index contributed by atoms with van der Waals surface area (Å²) < 4.78 is 14.5. The molecule has 3 aromatic rings. The van der Waals surface area contributed by atoms with Gasteiger partial charge in [-0.05, 0) is 49.2 Å². The Morgan fingerprint density at radius 3 is 2.59 bits per heavy atom. The first kappa shape index (κ1) is 19.1. The molecule has 0 unspecified atom stereocenters. The van der Waals surface area contributed by atoms with E-state index in [1.165, 1.54) is 0 Å². The van der Waals surface area contributed by atoms with Gasteiger partial charge < -0.3 is 18.9 Å². The zero-order chi connectivity index (χ0) is 20.5. The highest BCUT2D eigenvalue weighted by atomic mass is 16.5. The highest BCUT2D eigenvalue weighted by molar-refractivity contribution is 5.94. The van der Waals surface area contributed by atoms with E-state index in [2.05, 4.69) is 15.7 Å². The van der Waals surface area contributed by atoms with Crippen molar-refractivity contribution in [3.63, 3.8) is 0 Å². The van der Waals surface area contributed by atoms with Crippen LogP contribution in [0.4, 0.5) is 0 Å². The fourth-order valence-electron chi connectivity index (χ4n) is 3.55. The lowest BCUT2D eigenvalue weighted by atomic mass is 10.1. The number of ether oxygens (including phenoxy) is 2. The average molecular weight is 394 g/mol. The van der Waals surface area contributed by atoms with Crippen molar-refractivity contribution in [3.05, 3.63) is 54.0 Å². The Morgan fingerprint density at radius 2 is 1.97 bits per heavy atom. The van der Waals surface area contributed by atoms with Crippen LogP contribution in [-0.4, -0.2) is 45.4 Å².